The summed E-state index contributed by atoms with van der Waals surface area (Å²) in [5.41, 5.74) is 5.31. The van der Waals surface area contributed by atoms with Gasteiger partial charge in [0.2, 0.25) is 10.0 Å². The lowest BCUT2D eigenvalue weighted by molar-refractivity contribution is 0.361. The van der Waals surface area contributed by atoms with Crippen LogP contribution in [0.4, 0.5) is 0 Å². The summed E-state index contributed by atoms with van der Waals surface area (Å²) in [6.07, 6.45) is 0.216. The topological polar surface area (TPSA) is 96.5 Å². The second kappa shape index (κ2) is 6.71. The highest BCUT2D eigenvalue weighted by atomic mass is 32.2. The first-order valence-electron chi connectivity index (χ1n) is 6.28. The van der Waals surface area contributed by atoms with Crippen LogP contribution in [-0.4, -0.2) is 38.3 Å². The second-order valence-corrected chi connectivity index (χ2v) is 6.55. The smallest absolute Gasteiger partial charge is 0.243 e. The third kappa shape index (κ3) is 3.94. The number of nitrogens with one attached hydrogen (secondary N) is 1. The molecule has 0 spiro atoms. The van der Waals surface area contributed by atoms with Crippen molar-refractivity contribution in [2.75, 3.05) is 13.7 Å². The first-order chi connectivity index (χ1) is 9.28. The van der Waals surface area contributed by atoms with Gasteiger partial charge in [0.05, 0.1) is 17.8 Å². The molecular weight excluding hydrogens is 278 g/mol. The number of hydrogen-bond donors (Lipinski definition) is 2. The lowest BCUT2D eigenvalue weighted by Crippen LogP contribution is -2.39. The van der Waals surface area contributed by atoms with E-state index in [4.69, 9.17) is 15.9 Å². The van der Waals surface area contributed by atoms with Crippen molar-refractivity contribution < 1.29 is 13.2 Å². The first-order valence-corrected chi connectivity index (χ1v) is 7.72. The van der Waals surface area contributed by atoms with Crippen molar-refractivity contribution in [2.24, 2.45) is 5.73 Å². The van der Waals surface area contributed by atoms with Crippen LogP contribution in [0.25, 0.3) is 0 Å². The van der Waals surface area contributed by atoms with Gasteiger partial charge in [-0.25, -0.2) is 8.42 Å². The van der Waals surface area contributed by atoms with Crippen LogP contribution in [0.1, 0.15) is 20.3 Å². The quantitative estimate of drug-likeness (QED) is 0.588. The SMILES string of the molecule is COc1ccc(S(=O)(=O)N(CCC(=N)N)C(C)C)cc1. The van der Waals surface area contributed by atoms with Crippen molar-refractivity contribution in [3.63, 3.8) is 0 Å². The third-order valence-electron chi connectivity index (χ3n) is 2.84. The maximum atomic E-state index is 12.6. The molecule has 0 saturated carbocycles. The number of methoxy groups -OCH3 is 1. The summed E-state index contributed by atoms with van der Waals surface area (Å²) in [4.78, 5) is 0.204. The van der Waals surface area contributed by atoms with Crippen LogP contribution in [0.15, 0.2) is 29.2 Å². The summed E-state index contributed by atoms with van der Waals surface area (Å²) in [5, 5.41) is 7.23. The van der Waals surface area contributed by atoms with E-state index in [9.17, 15) is 8.42 Å². The fourth-order valence-electron chi connectivity index (χ4n) is 1.77. The third-order valence-corrected chi connectivity index (χ3v) is 4.93. The Hall–Kier alpha value is -1.60. The first kappa shape index (κ1) is 16.5. The molecule has 0 atom stereocenters. The fourth-order valence-corrected chi connectivity index (χ4v) is 3.41. The van der Waals surface area contributed by atoms with Gasteiger partial charge in [0, 0.05) is 19.0 Å². The van der Waals surface area contributed by atoms with Gasteiger partial charge in [-0.05, 0) is 38.1 Å². The van der Waals surface area contributed by atoms with Crippen molar-refractivity contribution in [2.45, 2.75) is 31.2 Å². The molecule has 0 aromatic heterocycles. The van der Waals surface area contributed by atoms with E-state index >= 15 is 0 Å². The van der Waals surface area contributed by atoms with Gasteiger partial charge < -0.3 is 10.5 Å². The lowest BCUT2D eigenvalue weighted by atomic mass is 10.3. The molecule has 0 bridgehead atoms. The van der Waals surface area contributed by atoms with Gasteiger partial charge in [-0.15, -0.1) is 0 Å². The molecule has 20 heavy (non-hydrogen) atoms. The summed E-state index contributed by atoms with van der Waals surface area (Å²) >= 11 is 0. The minimum absolute atomic E-state index is 0.0272. The van der Waals surface area contributed by atoms with Crippen molar-refractivity contribution in [3.05, 3.63) is 24.3 Å². The summed E-state index contributed by atoms with van der Waals surface area (Å²) in [6, 6.07) is 6.03. The lowest BCUT2D eigenvalue weighted by Gasteiger charge is -2.25. The Morgan fingerprint density at radius 2 is 1.90 bits per heavy atom. The van der Waals surface area contributed by atoms with E-state index in [0.717, 1.165) is 0 Å². The number of amidine groups is 1. The van der Waals surface area contributed by atoms with E-state index in [1.165, 1.54) is 23.5 Å². The van der Waals surface area contributed by atoms with E-state index < -0.39 is 10.0 Å². The van der Waals surface area contributed by atoms with Gasteiger partial charge in [0.15, 0.2) is 0 Å². The molecule has 0 unspecified atom stereocenters. The standard InChI is InChI=1S/C13H21N3O3S/c1-10(2)16(9-8-13(14)15)20(17,18)12-6-4-11(19-3)5-7-12/h4-7,10H,8-9H2,1-3H3,(H3,14,15). The van der Waals surface area contributed by atoms with Crippen molar-refractivity contribution in [1.82, 2.24) is 4.31 Å². The summed E-state index contributed by atoms with van der Waals surface area (Å²) in [5.74, 6) is 0.573. The minimum atomic E-state index is -3.60. The molecule has 1 aromatic carbocycles. The second-order valence-electron chi connectivity index (χ2n) is 4.66. The predicted octanol–water partition coefficient (Wildman–Crippen LogP) is 1.42. The Morgan fingerprint density at radius 3 is 2.30 bits per heavy atom. The molecule has 1 rings (SSSR count). The Bertz CT molecular complexity index is 553. The molecular formula is C13H21N3O3S. The van der Waals surface area contributed by atoms with Crippen LogP contribution >= 0.6 is 0 Å². The van der Waals surface area contributed by atoms with Crippen LogP contribution in [-0.2, 0) is 10.0 Å². The van der Waals surface area contributed by atoms with Crippen molar-refractivity contribution in [1.29, 1.82) is 5.41 Å². The van der Waals surface area contributed by atoms with Gasteiger partial charge in [0.25, 0.3) is 0 Å². The molecule has 112 valence electrons. The van der Waals surface area contributed by atoms with E-state index in [0.29, 0.717) is 5.75 Å². The average molecular weight is 299 g/mol. The van der Waals surface area contributed by atoms with E-state index in [1.54, 1.807) is 26.0 Å². The largest absolute Gasteiger partial charge is 0.497 e. The molecule has 0 aliphatic rings. The molecule has 0 aliphatic carbocycles. The predicted molar refractivity (Wildman–Crippen MR) is 78.6 cm³/mol. The molecule has 0 saturated heterocycles. The number of benzene rings is 1. The summed E-state index contributed by atoms with van der Waals surface area (Å²) in [6.45, 7) is 3.78. The van der Waals surface area contributed by atoms with E-state index in [2.05, 4.69) is 0 Å². The van der Waals surface area contributed by atoms with Crippen LogP contribution in [0.3, 0.4) is 0 Å². The maximum Gasteiger partial charge on any atom is 0.243 e. The van der Waals surface area contributed by atoms with Crippen LogP contribution in [0.5, 0.6) is 5.75 Å². The van der Waals surface area contributed by atoms with Crippen LogP contribution in [0.2, 0.25) is 0 Å². The van der Waals surface area contributed by atoms with Gasteiger partial charge in [-0.3, -0.25) is 5.41 Å². The van der Waals surface area contributed by atoms with Crippen LogP contribution in [0, 0.1) is 5.41 Å². The van der Waals surface area contributed by atoms with Crippen molar-refractivity contribution in [3.8, 4) is 5.75 Å². The van der Waals surface area contributed by atoms with E-state index in [1.807, 2.05) is 0 Å². The molecule has 0 amide bonds. The highest BCUT2D eigenvalue weighted by Gasteiger charge is 2.26. The highest BCUT2D eigenvalue weighted by molar-refractivity contribution is 7.89. The Kier molecular flexibility index (Phi) is 5.52. The molecule has 0 fully saturated rings. The number of nitrogens with two attached hydrogens (primary N) is 1. The Labute approximate surface area is 120 Å². The highest BCUT2D eigenvalue weighted by Crippen LogP contribution is 2.21. The van der Waals surface area contributed by atoms with E-state index in [-0.39, 0.29) is 29.7 Å². The average Bonchev–Trinajstić information content (AvgIpc) is 2.38. The number of rotatable bonds is 7. The molecule has 0 radical (unpaired) electrons. The number of hydrogen-bond acceptors (Lipinski definition) is 4. The fraction of sp³-hybridized carbons (Fsp3) is 0.462. The zero-order valence-corrected chi connectivity index (χ0v) is 12.8. The minimum Gasteiger partial charge on any atom is -0.497 e. The Morgan fingerprint density at radius 1 is 1.35 bits per heavy atom. The zero-order chi connectivity index (χ0) is 15.3. The summed E-state index contributed by atoms with van der Waals surface area (Å²) < 4.78 is 31.5. The Balaban J connectivity index is 3.05. The molecule has 6 nitrogen and oxygen atoms in total. The van der Waals surface area contributed by atoms with Gasteiger partial charge >= 0.3 is 0 Å². The molecule has 0 aliphatic heterocycles. The van der Waals surface area contributed by atoms with Gasteiger partial charge in [-0.1, -0.05) is 0 Å². The maximum absolute atomic E-state index is 12.6. The molecule has 1 aromatic rings. The van der Waals surface area contributed by atoms with Crippen LogP contribution < -0.4 is 10.5 Å². The van der Waals surface area contributed by atoms with Gasteiger partial charge in [0.1, 0.15) is 5.75 Å². The molecule has 7 heteroatoms. The normalized spacial score (nSPS) is 11.8. The number of sulfonamides is 1. The number of ether oxygens (including phenoxy) is 1. The summed E-state index contributed by atoms with van der Waals surface area (Å²) in [7, 11) is -2.07. The molecule has 0 heterocycles. The monoisotopic (exact) mass is 299 g/mol. The van der Waals surface area contributed by atoms with Crippen molar-refractivity contribution >= 4 is 15.9 Å². The zero-order valence-electron chi connectivity index (χ0n) is 12.0. The number of nitrogens with zero attached hydrogens (tertiary/aromatic N) is 1. The van der Waals surface area contributed by atoms with Gasteiger partial charge in [-0.2, -0.15) is 4.31 Å². The molecule has 3 N–H and O–H groups in total.